The third kappa shape index (κ3) is 23.1. The van der Waals surface area contributed by atoms with Gasteiger partial charge in [0, 0.05) is 25.1 Å². The molecule has 1 fully saturated rings. The fourth-order valence-corrected chi connectivity index (χ4v) is 8.07. The molecule has 1 saturated heterocycles. The van der Waals surface area contributed by atoms with Crippen molar-refractivity contribution in [2.24, 2.45) is 40.7 Å². The summed E-state index contributed by atoms with van der Waals surface area (Å²) >= 11 is 4.26. The standard InChI is InChI=1S/C47H83N13O14S/c1-22(2)20-30(55-39(65)27(49)14-16-33(50)62)42(68)52-25(7)38(64)53-28(12-9-10-18-48)40(66)59-37(26(8)61)45(71)56-31(21-75)46(72)60-19-11-13-32(60)43(69)57-35(23(3)4)44(70)54-29(15-17-34(51)63)41(67)58-36(24(5)6)47(73)74/h22-32,35-37,61,75H,9-21,48-49H2,1-8H3,(H2,50,62)(H2,51,63)(H,52,68)(H,53,64)(H,54,70)(H,55,65)(H,56,71)(H,57,69)(H,58,67)(H,59,66)(H,73,74)/t25-,26+,27-,28-,29-,30-,31-,32-,35-,36-,37-/m0/s1. The average molecular weight is 1090 g/mol. The maximum Gasteiger partial charge on any atom is 0.326 e. The lowest BCUT2D eigenvalue weighted by molar-refractivity contribution is -0.144. The first kappa shape index (κ1) is 66.9. The van der Waals surface area contributed by atoms with Crippen molar-refractivity contribution >= 4 is 83.6 Å². The molecule has 0 aromatic heterocycles. The molecule has 28 heteroatoms. The topological polar surface area (TPSA) is 449 Å². The van der Waals surface area contributed by atoms with E-state index in [0.29, 0.717) is 19.3 Å². The van der Waals surface area contributed by atoms with Crippen molar-refractivity contribution < 1.29 is 67.7 Å². The van der Waals surface area contributed by atoms with Gasteiger partial charge in [0.25, 0.3) is 0 Å². The number of aliphatic carboxylic acids is 1. The van der Waals surface area contributed by atoms with E-state index in [1.54, 1.807) is 41.5 Å². The minimum Gasteiger partial charge on any atom is -0.480 e. The number of aliphatic hydroxyl groups excluding tert-OH is 1. The highest BCUT2D eigenvalue weighted by Gasteiger charge is 2.41. The van der Waals surface area contributed by atoms with Crippen LogP contribution in [0.1, 0.15) is 120 Å². The minimum absolute atomic E-state index is 0.00498. The van der Waals surface area contributed by atoms with Crippen LogP contribution in [0.3, 0.4) is 0 Å². The van der Waals surface area contributed by atoms with Gasteiger partial charge in [-0.3, -0.25) is 52.7 Å². The number of primary amides is 2. The Balaban J connectivity index is 3.23. The second kappa shape index (κ2) is 33.0. The van der Waals surface area contributed by atoms with Gasteiger partial charge in [-0.15, -0.1) is 0 Å². The van der Waals surface area contributed by atoms with Gasteiger partial charge in [-0.05, 0) is 89.5 Å². The Morgan fingerprint density at radius 2 is 1.08 bits per heavy atom. The smallest absolute Gasteiger partial charge is 0.326 e. The zero-order valence-corrected chi connectivity index (χ0v) is 45.2. The van der Waals surface area contributed by atoms with Crippen LogP contribution < -0.4 is 65.5 Å². The number of rotatable bonds is 34. The quantitative estimate of drug-likeness (QED) is 0.0214. The van der Waals surface area contributed by atoms with Crippen molar-refractivity contribution in [2.75, 3.05) is 18.8 Å². The number of likely N-dealkylation sites (tertiary alicyclic amines) is 1. The molecule has 1 heterocycles. The molecule has 0 unspecified atom stereocenters. The van der Waals surface area contributed by atoms with Crippen molar-refractivity contribution in [3.8, 4) is 0 Å². The Bertz CT molecular complexity index is 2010. The predicted octanol–water partition coefficient (Wildman–Crippen LogP) is -4.38. The van der Waals surface area contributed by atoms with E-state index in [4.69, 9.17) is 22.9 Å². The Morgan fingerprint density at radius 1 is 0.587 bits per heavy atom. The van der Waals surface area contributed by atoms with Gasteiger partial charge in [0.2, 0.25) is 65.0 Å². The van der Waals surface area contributed by atoms with Gasteiger partial charge in [0.15, 0.2) is 0 Å². The van der Waals surface area contributed by atoms with E-state index < -0.39 is 149 Å². The molecular formula is C47H83N13O14S. The summed E-state index contributed by atoms with van der Waals surface area (Å²) in [5.41, 5.74) is 22.0. The van der Waals surface area contributed by atoms with E-state index >= 15 is 0 Å². The number of carbonyl (C=O) groups is 12. The van der Waals surface area contributed by atoms with Crippen molar-refractivity contribution in [2.45, 2.75) is 186 Å². The first-order chi connectivity index (χ1) is 35.0. The monoisotopic (exact) mass is 1090 g/mol. The molecule has 0 aromatic rings. The van der Waals surface area contributed by atoms with Crippen molar-refractivity contribution in [3.63, 3.8) is 0 Å². The SMILES string of the molecule is CC(C)C[C@H](NC(=O)[C@@H](N)CCC(N)=O)C(=O)N[C@@H](C)C(=O)N[C@@H](CCCCN)C(=O)N[C@H](C(=O)N[C@@H](CS)C(=O)N1CCC[C@H]1C(=O)N[C@H](C(=O)N[C@@H](CCC(N)=O)C(=O)N[C@H](C(=O)O)C(C)C)C(C)C)[C@@H](C)O. The largest absolute Gasteiger partial charge is 0.480 e. The van der Waals surface area contributed by atoms with Gasteiger partial charge in [0.1, 0.15) is 54.4 Å². The van der Waals surface area contributed by atoms with Gasteiger partial charge in [0.05, 0.1) is 12.1 Å². The summed E-state index contributed by atoms with van der Waals surface area (Å²) in [5, 5.41) is 40.4. The molecule has 0 aliphatic carbocycles. The molecule has 426 valence electrons. The second-order valence-corrected chi connectivity index (χ2v) is 20.3. The molecule has 75 heavy (non-hydrogen) atoms. The lowest BCUT2D eigenvalue weighted by Crippen LogP contribution is -2.62. The molecule has 0 aromatic carbocycles. The molecule has 0 bridgehead atoms. The summed E-state index contributed by atoms with van der Waals surface area (Å²) in [4.78, 5) is 158. The Kier molecular flexibility index (Phi) is 29.4. The summed E-state index contributed by atoms with van der Waals surface area (Å²) < 4.78 is 0. The van der Waals surface area contributed by atoms with E-state index in [-0.39, 0.29) is 69.7 Å². The number of aliphatic hydroxyl groups is 1. The van der Waals surface area contributed by atoms with Crippen molar-refractivity contribution in [3.05, 3.63) is 0 Å². The average Bonchev–Trinajstić information content (AvgIpc) is 3.82. The number of hydrogen-bond donors (Lipinski definition) is 15. The van der Waals surface area contributed by atoms with Crippen molar-refractivity contribution in [1.82, 2.24) is 47.4 Å². The van der Waals surface area contributed by atoms with Gasteiger partial charge in [-0.25, -0.2) is 4.79 Å². The molecule has 0 saturated carbocycles. The molecule has 11 amide bonds. The third-order valence-corrected chi connectivity index (χ3v) is 12.6. The number of carbonyl (C=O) groups excluding carboxylic acids is 11. The van der Waals surface area contributed by atoms with E-state index in [9.17, 15) is 67.7 Å². The number of nitrogens with two attached hydrogens (primary N) is 4. The van der Waals surface area contributed by atoms with Crippen LogP contribution in [0.5, 0.6) is 0 Å². The Hall–Kier alpha value is -6.13. The van der Waals surface area contributed by atoms with E-state index in [2.05, 4.69) is 55.2 Å². The summed E-state index contributed by atoms with van der Waals surface area (Å²) in [6.45, 7) is 12.8. The van der Waals surface area contributed by atoms with Crippen LogP contribution >= 0.6 is 12.6 Å². The maximum absolute atomic E-state index is 14.1. The summed E-state index contributed by atoms with van der Waals surface area (Å²) in [7, 11) is 0. The lowest BCUT2D eigenvalue weighted by Gasteiger charge is -2.31. The fraction of sp³-hybridized carbons (Fsp3) is 0.745. The molecule has 0 spiro atoms. The van der Waals surface area contributed by atoms with Crippen LogP contribution in [0.4, 0.5) is 0 Å². The molecular weight excluding hydrogens is 1000 g/mol. The molecule has 1 aliphatic heterocycles. The Morgan fingerprint density at radius 3 is 1.59 bits per heavy atom. The zero-order valence-electron chi connectivity index (χ0n) is 44.3. The number of unbranched alkanes of at least 4 members (excludes halogenated alkanes) is 1. The maximum atomic E-state index is 14.1. The first-order valence-corrected chi connectivity index (χ1v) is 25.9. The van der Waals surface area contributed by atoms with E-state index in [0.717, 1.165) is 0 Å². The first-order valence-electron chi connectivity index (χ1n) is 25.2. The lowest BCUT2D eigenvalue weighted by atomic mass is 10.0. The number of amides is 11. The molecule has 1 aliphatic rings. The van der Waals surface area contributed by atoms with Crippen LogP contribution in [0.2, 0.25) is 0 Å². The van der Waals surface area contributed by atoms with Crippen LogP contribution in [0.25, 0.3) is 0 Å². The van der Waals surface area contributed by atoms with Crippen LogP contribution in [-0.2, 0) is 57.5 Å². The van der Waals surface area contributed by atoms with Crippen LogP contribution in [0, 0.1) is 17.8 Å². The normalized spacial score (nSPS) is 17.4. The van der Waals surface area contributed by atoms with E-state index in [1.165, 1.54) is 18.7 Å². The molecule has 18 N–H and O–H groups in total. The minimum atomic E-state index is -1.70. The van der Waals surface area contributed by atoms with Crippen LogP contribution in [-0.4, -0.2) is 171 Å². The number of hydrogen-bond acceptors (Lipinski definition) is 16. The van der Waals surface area contributed by atoms with Gasteiger partial charge >= 0.3 is 5.97 Å². The number of nitrogens with one attached hydrogen (secondary N) is 8. The van der Waals surface area contributed by atoms with Crippen LogP contribution in [0.15, 0.2) is 0 Å². The van der Waals surface area contributed by atoms with Gasteiger partial charge in [-0.1, -0.05) is 41.5 Å². The predicted molar refractivity (Wildman–Crippen MR) is 276 cm³/mol. The molecule has 0 radical (unpaired) electrons. The third-order valence-electron chi connectivity index (χ3n) is 12.2. The highest BCUT2D eigenvalue weighted by Crippen LogP contribution is 2.20. The van der Waals surface area contributed by atoms with Crippen molar-refractivity contribution in [1.29, 1.82) is 0 Å². The summed E-state index contributed by atoms with van der Waals surface area (Å²) in [6, 6.07) is -13.2. The fourth-order valence-electron chi connectivity index (χ4n) is 7.83. The summed E-state index contributed by atoms with van der Waals surface area (Å²) in [6.07, 6.45) is -1.02. The number of thiol groups is 1. The number of nitrogens with zero attached hydrogens (tertiary/aromatic N) is 1. The summed E-state index contributed by atoms with van der Waals surface area (Å²) in [5.74, 6) is -11.8. The zero-order chi connectivity index (χ0) is 57.4. The molecule has 11 atom stereocenters. The highest BCUT2D eigenvalue weighted by atomic mass is 32.1. The number of carboxylic acid groups (broad SMARTS) is 1. The molecule has 1 rings (SSSR count). The molecule has 27 nitrogen and oxygen atoms in total. The second-order valence-electron chi connectivity index (χ2n) is 19.9. The van der Waals surface area contributed by atoms with E-state index in [1.807, 2.05) is 0 Å². The van der Waals surface area contributed by atoms with Gasteiger partial charge < -0.3 is 80.6 Å². The highest BCUT2D eigenvalue weighted by molar-refractivity contribution is 7.80. The number of carboxylic acids is 1. The van der Waals surface area contributed by atoms with Gasteiger partial charge in [-0.2, -0.15) is 12.6 Å². The Labute approximate surface area is 443 Å².